The summed E-state index contributed by atoms with van der Waals surface area (Å²) in [4.78, 5) is 0. The average molecular weight is 290 g/mol. The first-order valence-electron chi connectivity index (χ1n) is 7.94. The van der Waals surface area contributed by atoms with Crippen LogP contribution in [0.4, 0.5) is 0 Å². The quantitative estimate of drug-likeness (QED) is 0.544. The third-order valence-corrected chi connectivity index (χ3v) is 5.57. The van der Waals surface area contributed by atoms with Gasteiger partial charge in [0.15, 0.2) is 0 Å². The zero-order valence-corrected chi connectivity index (χ0v) is 13.8. The molecular weight excluding hydrogens is 259 g/mol. The van der Waals surface area contributed by atoms with Crippen molar-refractivity contribution in [3.05, 3.63) is 0 Å². The molecule has 0 radical (unpaired) electrons. The Bertz CT molecular complexity index is 273. The van der Waals surface area contributed by atoms with Gasteiger partial charge in [-0.25, -0.2) is 0 Å². The summed E-state index contributed by atoms with van der Waals surface area (Å²) in [6.45, 7) is 7.41. The van der Waals surface area contributed by atoms with Crippen LogP contribution in [0.1, 0.15) is 65.7 Å². The molecule has 0 saturated heterocycles. The fraction of sp³-hybridized carbons (Fsp3) is 1.00. The zero-order valence-electron chi connectivity index (χ0n) is 12.9. The van der Waals surface area contributed by atoms with Gasteiger partial charge in [-0.3, -0.25) is 4.57 Å². The lowest BCUT2D eigenvalue weighted by Gasteiger charge is -2.25. The Balaban J connectivity index is 2.40. The van der Waals surface area contributed by atoms with E-state index >= 15 is 0 Å². The minimum absolute atomic E-state index is 0.397. The van der Waals surface area contributed by atoms with E-state index in [1.807, 2.05) is 0 Å². The van der Waals surface area contributed by atoms with Crippen molar-refractivity contribution in [2.45, 2.75) is 65.7 Å². The van der Waals surface area contributed by atoms with Gasteiger partial charge in [0, 0.05) is 0 Å². The highest BCUT2D eigenvalue weighted by molar-refractivity contribution is 7.53. The van der Waals surface area contributed by atoms with Gasteiger partial charge < -0.3 is 9.05 Å². The standard InChI is InChI=1S/C15H31O3P/c1-4-5-11-19(16,17-12-14(2)3)18-13-15-9-7-6-8-10-15/h14-15H,4-13H2,1-3H3. The number of hydrogen-bond acceptors (Lipinski definition) is 3. The number of rotatable bonds is 9. The zero-order chi connectivity index (χ0) is 14.1. The maximum atomic E-state index is 12.7. The van der Waals surface area contributed by atoms with Crippen molar-refractivity contribution in [2.24, 2.45) is 11.8 Å². The molecule has 0 aromatic rings. The summed E-state index contributed by atoms with van der Waals surface area (Å²) in [5, 5.41) is 0. The summed E-state index contributed by atoms with van der Waals surface area (Å²) < 4.78 is 24.0. The number of hydrogen-bond donors (Lipinski definition) is 0. The maximum Gasteiger partial charge on any atom is 0.330 e. The van der Waals surface area contributed by atoms with E-state index < -0.39 is 7.60 Å². The molecule has 0 aromatic carbocycles. The van der Waals surface area contributed by atoms with Crippen LogP contribution in [0.3, 0.4) is 0 Å². The summed E-state index contributed by atoms with van der Waals surface area (Å²) >= 11 is 0. The molecule has 1 fully saturated rings. The first-order chi connectivity index (χ1) is 9.06. The van der Waals surface area contributed by atoms with Gasteiger partial charge in [-0.2, -0.15) is 0 Å². The van der Waals surface area contributed by atoms with E-state index in [0.717, 1.165) is 12.8 Å². The lowest BCUT2D eigenvalue weighted by Crippen LogP contribution is -2.14. The van der Waals surface area contributed by atoms with Crippen LogP contribution in [-0.2, 0) is 13.6 Å². The van der Waals surface area contributed by atoms with Gasteiger partial charge in [-0.1, -0.05) is 46.5 Å². The van der Waals surface area contributed by atoms with Crippen molar-refractivity contribution >= 4 is 7.60 Å². The Kier molecular flexibility index (Phi) is 8.29. The van der Waals surface area contributed by atoms with Crippen LogP contribution in [0.15, 0.2) is 0 Å². The smallest absolute Gasteiger partial charge is 0.308 e. The van der Waals surface area contributed by atoms with E-state index in [1.54, 1.807) is 0 Å². The summed E-state index contributed by atoms with van der Waals surface area (Å²) in [6.07, 6.45) is 8.88. The van der Waals surface area contributed by atoms with E-state index in [-0.39, 0.29) is 0 Å². The van der Waals surface area contributed by atoms with Crippen LogP contribution < -0.4 is 0 Å². The number of unbranched alkanes of at least 4 members (excludes halogenated alkanes) is 1. The first-order valence-corrected chi connectivity index (χ1v) is 9.66. The summed E-state index contributed by atoms with van der Waals surface area (Å²) in [5.41, 5.74) is 0. The molecule has 0 amide bonds. The molecule has 0 bridgehead atoms. The maximum absolute atomic E-state index is 12.7. The van der Waals surface area contributed by atoms with Crippen LogP contribution >= 0.6 is 7.60 Å². The van der Waals surface area contributed by atoms with Gasteiger partial charge in [0.25, 0.3) is 0 Å². The molecular formula is C15H31O3P. The molecule has 3 nitrogen and oxygen atoms in total. The van der Waals surface area contributed by atoms with Gasteiger partial charge in [-0.15, -0.1) is 0 Å². The third kappa shape index (κ3) is 7.48. The van der Waals surface area contributed by atoms with E-state index in [2.05, 4.69) is 20.8 Å². The SMILES string of the molecule is CCCCP(=O)(OCC(C)C)OCC1CCCCC1. The second-order valence-electron chi connectivity index (χ2n) is 6.18. The van der Waals surface area contributed by atoms with Crippen molar-refractivity contribution in [1.29, 1.82) is 0 Å². The van der Waals surface area contributed by atoms with Crippen molar-refractivity contribution in [2.75, 3.05) is 19.4 Å². The first kappa shape index (κ1) is 17.2. The topological polar surface area (TPSA) is 35.5 Å². The van der Waals surface area contributed by atoms with Crippen LogP contribution in [0.2, 0.25) is 0 Å². The van der Waals surface area contributed by atoms with Crippen molar-refractivity contribution in [3.63, 3.8) is 0 Å². The highest BCUT2D eigenvalue weighted by Gasteiger charge is 2.26. The van der Waals surface area contributed by atoms with Gasteiger partial charge in [0.1, 0.15) is 0 Å². The van der Waals surface area contributed by atoms with E-state index in [9.17, 15) is 4.57 Å². The average Bonchev–Trinajstić information content (AvgIpc) is 2.42. The Morgan fingerprint density at radius 3 is 2.42 bits per heavy atom. The summed E-state index contributed by atoms with van der Waals surface area (Å²) in [5.74, 6) is 0.986. The molecule has 1 saturated carbocycles. The Morgan fingerprint density at radius 2 is 1.84 bits per heavy atom. The Morgan fingerprint density at radius 1 is 1.16 bits per heavy atom. The molecule has 1 unspecified atom stereocenters. The predicted molar refractivity (Wildman–Crippen MR) is 80.7 cm³/mol. The monoisotopic (exact) mass is 290 g/mol. The minimum atomic E-state index is -2.86. The van der Waals surface area contributed by atoms with Gasteiger partial charge >= 0.3 is 7.60 Å². The van der Waals surface area contributed by atoms with Gasteiger partial charge in [-0.05, 0) is 31.1 Å². The minimum Gasteiger partial charge on any atom is -0.308 e. The molecule has 0 aromatic heterocycles. The Hall–Kier alpha value is 0.150. The molecule has 0 aliphatic heterocycles. The predicted octanol–water partition coefficient (Wildman–Crippen LogP) is 5.25. The molecule has 0 N–H and O–H groups in total. The Labute approximate surface area is 119 Å². The highest BCUT2D eigenvalue weighted by Crippen LogP contribution is 2.50. The second-order valence-corrected chi connectivity index (χ2v) is 8.36. The molecule has 114 valence electrons. The summed E-state index contributed by atoms with van der Waals surface area (Å²) in [6, 6.07) is 0. The third-order valence-electron chi connectivity index (χ3n) is 3.62. The fourth-order valence-corrected chi connectivity index (χ4v) is 4.35. The second kappa shape index (κ2) is 9.15. The van der Waals surface area contributed by atoms with E-state index in [1.165, 1.54) is 32.1 Å². The lowest BCUT2D eigenvalue weighted by atomic mass is 9.90. The van der Waals surface area contributed by atoms with Crippen LogP contribution in [0, 0.1) is 11.8 Å². The van der Waals surface area contributed by atoms with Crippen molar-refractivity contribution in [3.8, 4) is 0 Å². The molecule has 0 heterocycles. The normalized spacial score (nSPS) is 20.6. The largest absolute Gasteiger partial charge is 0.330 e. The fourth-order valence-electron chi connectivity index (χ4n) is 2.35. The van der Waals surface area contributed by atoms with Gasteiger partial charge in [0.2, 0.25) is 0 Å². The van der Waals surface area contributed by atoms with Gasteiger partial charge in [0.05, 0.1) is 19.4 Å². The lowest BCUT2D eigenvalue weighted by molar-refractivity contribution is 0.151. The van der Waals surface area contributed by atoms with Crippen molar-refractivity contribution in [1.82, 2.24) is 0 Å². The van der Waals surface area contributed by atoms with Crippen LogP contribution in [0.25, 0.3) is 0 Å². The molecule has 4 heteroatoms. The molecule has 0 spiro atoms. The highest BCUT2D eigenvalue weighted by atomic mass is 31.2. The van der Waals surface area contributed by atoms with E-state index in [4.69, 9.17) is 9.05 Å². The molecule has 1 aliphatic carbocycles. The van der Waals surface area contributed by atoms with Crippen LogP contribution in [-0.4, -0.2) is 19.4 Å². The molecule has 1 rings (SSSR count). The molecule has 1 atom stereocenters. The molecule has 1 aliphatic rings. The van der Waals surface area contributed by atoms with E-state index in [0.29, 0.717) is 31.2 Å². The summed E-state index contributed by atoms with van der Waals surface area (Å²) in [7, 11) is -2.86. The van der Waals surface area contributed by atoms with Crippen molar-refractivity contribution < 1.29 is 13.6 Å². The van der Waals surface area contributed by atoms with Crippen LogP contribution in [0.5, 0.6) is 0 Å². The molecule has 19 heavy (non-hydrogen) atoms.